The van der Waals surface area contributed by atoms with E-state index in [1.807, 2.05) is 0 Å². The topological polar surface area (TPSA) is 37.3 Å². The second kappa shape index (κ2) is 3.24. The molecule has 1 saturated carbocycles. The van der Waals surface area contributed by atoms with Gasteiger partial charge in [0.05, 0.1) is 5.41 Å². The minimum atomic E-state index is -2.64. The van der Waals surface area contributed by atoms with Crippen LogP contribution in [0.2, 0.25) is 0 Å². The highest BCUT2D eigenvalue weighted by atomic mass is 19.3. The number of carbonyl (C=O) groups is 1. The van der Waals surface area contributed by atoms with Crippen LogP contribution in [0.4, 0.5) is 8.78 Å². The molecular weight excluding hydrogens is 178 g/mol. The zero-order valence-corrected chi connectivity index (χ0v) is 7.65. The molecule has 0 aliphatic heterocycles. The Labute approximate surface area is 75.9 Å². The lowest BCUT2D eigenvalue weighted by Gasteiger charge is -2.35. The lowest BCUT2D eigenvalue weighted by atomic mass is 9.71. The molecule has 0 atom stereocenters. The van der Waals surface area contributed by atoms with Crippen molar-refractivity contribution in [1.29, 1.82) is 0 Å². The van der Waals surface area contributed by atoms with E-state index in [4.69, 9.17) is 5.11 Å². The molecule has 76 valence electrons. The maximum absolute atomic E-state index is 12.8. The monoisotopic (exact) mass is 192 g/mol. The van der Waals surface area contributed by atoms with Crippen molar-refractivity contribution in [2.24, 2.45) is 5.41 Å². The molecule has 0 aromatic heterocycles. The maximum Gasteiger partial charge on any atom is 0.309 e. The summed E-state index contributed by atoms with van der Waals surface area (Å²) in [6.45, 7) is 1.75. The second-order valence-electron chi connectivity index (χ2n) is 3.79. The third-order valence-electron chi connectivity index (χ3n) is 3.07. The molecule has 4 heteroatoms. The highest BCUT2D eigenvalue weighted by Gasteiger charge is 2.46. The highest BCUT2D eigenvalue weighted by molar-refractivity contribution is 5.74. The van der Waals surface area contributed by atoms with Crippen LogP contribution in [0, 0.1) is 5.41 Å². The van der Waals surface area contributed by atoms with E-state index in [0.717, 1.165) is 0 Å². The first-order valence-corrected chi connectivity index (χ1v) is 4.53. The first kappa shape index (κ1) is 10.4. The van der Waals surface area contributed by atoms with E-state index in [-0.39, 0.29) is 25.7 Å². The van der Waals surface area contributed by atoms with Crippen molar-refractivity contribution in [3.63, 3.8) is 0 Å². The molecule has 0 spiro atoms. The van der Waals surface area contributed by atoms with Crippen LogP contribution in [-0.4, -0.2) is 17.0 Å². The molecule has 2 nitrogen and oxygen atoms in total. The van der Waals surface area contributed by atoms with Gasteiger partial charge in [-0.3, -0.25) is 4.79 Å². The molecule has 0 unspecified atom stereocenters. The molecule has 0 heterocycles. The average molecular weight is 192 g/mol. The molecule has 1 aliphatic carbocycles. The Morgan fingerprint density at radius 3 is 2.08 bits per heavy atom. The summed E-state index contributed by atoms with van der Waals surface area (Å²) in [4.78, 5) is 10.9. The standard InChI is InChI=1S/C9H14F2O2/c1-2-8(7(12)13)3-5-9(10,11)6-4-8/h2-6H2,1H3,(H,12,13). The molecule has 0 aromatic rings. The van der Waals surface area contributed by atoms with Crippen LogP contribution in [-0.2, 0) is 4.79 Å². The maximum atomic E-state index is 12.8. The van der Waals surface area contributed by atoms with Gasteiger partial charge in [-0.15, -0.1) is 0 Å². The lowest BCUT2D eigenvalue weighted by Crippen LogP contribution is -2.38. The first-order chi connectivity index (χ1) is 5.92. The summed E-state index contributed by atoms with van der Waals surface area (Å²) in [7, 11) is 0. The summed E-state index contributed by atoms with van der Waals surface area (Å²) in [5.74, 6) is -3.57. The van der Waals surface area contributed by atoms with Crippen LogP contribution >= 0.6 is 0 Å². The SMILES string of the molecule is CCC1(C(=O)O)CCC(F)(F)CC1. The number of halogens is 2. The van der Waals surface area contributed by atoms with Crippen LogP contribution in [0.5, 0.6) is 0 Å². The van der Waals surface area contributed by atoms with Crippen molar-refractivity contribution in [2.75, 3.05) is 0 Å². The molecule has 0 radical (unpaired) electrons. The molecule has 13 heavy (non-hydrogen) atoms. The van der Waals surface area contributed by atoms with Crippen LogP contribution in [0.3, 0.4) is 0 Å². The van der Waals surface area contributed by atoms with E-state index in [1.165, 1.54) is 0 Å². The average Bonchev–Trinajstić information content (AvgIpc) is 2.05. The number of hydrogen-bond donors (Lipinski definition) is 1. The first-order valence-electron chi connectivity index (χ1n) is 4.53. The van der Waals surface area contributed by atoms with Gasteiger partial charge < -0.3 is 5.11 Å². The van der Waals surface area contributed by atoms with Crippen molar-refractivity contribution < 1.29 is 18.7 Å². The summed E-state index contributed by atoms with van der Waals surface area (Å²) >= 11 is 0. The molecule has 1 fully saturated rings. The summed E-state index contributed by atoms with van der Waals surface area (Å²) in [6.07, 6.45) is 0.0797. The predicted octanol–water partition coefficient (Wildman–Crippen LogP) is 2.68. The Hall–Kier alpha value is -0.670. The number of rotatable bonds is 2. The van der Waals surface area contributed by atoms with Gasteiger partial charge >= 0.3 is 5.97 Å². The number of carboxylic acid groups (broad SMARTS) is 1. The Kier molecular flexibility index (Phi) is 2.59. The zero-order valence-electron chi connectivity index (χ0n) is 7.65. The van der Waals surface area contributed by atoms with Gasteiger partial charge in [0.25, 0.3) is 0 Å². The Morgan fingerprint density at radius 2 is 1.77 bits per heavy atom. The van der Waals surface area contributed by atoms with Gasteiger partial charge in [0.2, 0.25) is 5.92 Å². The van der Waals surface area contributed by atoms with Gasteiger partial charge in [0.15, 0.2) is 0 Å². The van der Waals surface area contributed by atoms with Gasteiger partial charge in [0.1, 0.15) is 0 Å². The fourth-order valence-electron chi connectivity index (χ4n) is 1.81. The van der Waals surface area contributed by atoms with E-state index in [0.29, 0.717) is 6.42 Å². The van der Waals surface area contributed by atoms with Gasteiger partial charge in [-0.25, -0.2) is 8.78 Å². The third-order valence-corrected chi connectivity index (χ3v) is 3.07. The van der Waals surface area contributed by atoms with Gasteiger partial charge in [0, 0.05) is 12.8 Å². The van der Waals surface area contributed by atoms with E-state index in [1.54, 1.807) is 6.92 Å². The molecule has 0 amide bonds. The normalized spacial score (nSPS) is 25.5. The second-order valence-corrected chi connectivity index (χ2v) is 3.79. The number of carboxylic acids is 1. The Morgan fingerprint density at radius 1 is 1.31 bits per heavy atom. The molecule has 0 bridgehead atoms. The van der Waals surface area contributed by atoms with Crippen molar-refractivity contribution in [2.45, 2.75) is 45.0 Å². The summed E-state index contributed by atoms with van der Waals surface area (Å²) < 4.78 is 25.5. The third kappa shape index (κ3) is 1.98. The van der Waals surface area contributed by atoms with Crippen molar-refractivity contribution in [1.82, 2.24) is 0 Å². The van der Waals surface area contributed by atoms with Crippen LogP contribution in [0.15, 0.2) is 0 Å². The largest absolute Gasteiger partial charge is 0.481 e. The van der Waals surface area contributed by atoms with Crippen LogP contribution in [0.1, 0.15) is 39.0 Å². The fraction of sp³-hybridized carbons (Fsp3) is 0.889. The smallest absolute Gasteiger partial charge is 0.309 e. The Bertz CT molecular complexity index is 204. The van der Waals surface area contributed by atoms with Crippen LogP contribution < -0.4 is 0 Å². The van der Waals surface area contributed by atoms with Gasteiger partial charge in [-0.05, 0) is 19.3 Å². The molecule has 1 N–H and O–H groups in total. The van der Waals surface area contributed by atoms with E-state index in [9.17, 15) is 13.6 Å². The van der Waals surface area contributed by atoms with Crippen LogP contribution in [0.25, 0.3) is 0 Å². The van der Waals surface area contributed by atoms with E-state index < -0.39 is 17.3 Å². The van der Waals surface area contributed by atoms with Crippen molar-refractivity contribution in [3.8, 4) is 0 Å². The molecule has 0 saturated heterocycles. The quantitative estimate of drug-likeness (QED) is 0.730. The summed E-state index contributed by atoms with van der Waals surface area (Å²) in [5.41, 5.74) is -0.887. The summed E-state index contributed by atoms with van der Waals surface area (Å²) in [5, 5.41) is 8.91. The number of hydrogen-bond acceptors (Lipinski definition) is 1. The highest BCUT2D eigenvalue weighted by Crippen LogP contribution is 2.45. The molecule has 1 aliphatic rings. The Balaban J connectivity index is 2.69. The van der Waals surface area contributed by atoms with E-state index >= 15 is 0 Å². The summed E-state index contributed by atoms with van der Waals surface area (Å²) in [6, 6.07) is 0. The fourth-order valence-corrected chi connectivity index (χ4v) is 1.81. The molecule has 0 aromatic carbocycles. The van der Waals surface area contributed by atoms with E-state index in [2.05, 4.69) is 0 Å². The van der Waals surface area contributed by atoms with Crippen molar-refractivity contribution >= 4 is 5.97 Å². The minimum absolute atomic E-state index is 0.103. The van der Waals surface area contributed by atoms with Gasteiger partial charge in [-0.2, -0.15) is 0 Å². The lowest BCUT2D eigenvalue weighted by molar-refractivity contribution is -0.157. The number of alkyl halides is 2. The van der Waals surface area contributed by atoms with Crippen molar-refractivity contribution in [3.05, 3.63) is 0 Å². The van der Waals surface area contributed by atoms with Gasteiger partial charge in [-0.1, -0.05) is 6.92 Å². The minimum Gasteiger partial charge on any atom is -0.481 e. The molecule has 1 rings (SSSR count). The zero-order chi connectivity index (χ0) is 10.1. The number of aliphatic carboxylic acids is 1. The predicted molar refractivity (Wildman–Crippen MR) is 43.8 cm³/mol. The molecular formula is C9H14F2O2.